The summed E-state index contributed by atoms with van der Waals surface area (Å²) in [6.07, 6.45) is -0.279. The van der Waals surface area contributed by atoms with Gasteiger partial charge in [-0.1, -0.05) is 17.7 Å². The number of fused-ring (bicyclic) bond motifs is 1. The van der Waals surface area contributed by atoms with Gasteiger partial charge in [-0.3, -0.25) is 4.68 Å². The molecule has 0 atom stereocenters. The molecule has 1 amide bonds. The fraction of sp³-hybridized carbons (Fsp3) is 0.444. The van der Waals surface area contributed by atoms with Crippen LogP contribution in [0.25, 0.3) is 11.3 Å². The van der Waals surface area contributed by atoms with Gasteiger partial charge in [0.1, 0.15) is 5.60 Å². The second-order valence-corrected chi connectivity index (χ2v) is 7.52. The Bertz CT molecular complexity index is 777. The monoisotopic (exact) mass is 347 g/mol. The van der Waals surface area contributed by atoms with Gasteiger partial charge in [-0.05, 0) is 51.5 Å². The predicted octanol–water partition coefficient (Wildman–Crippen LogP) is 4.26. The Hall–Kier alpha value is -2.01. The van der Waals surface area contributed by atoms with Crippen LogP contribution in [0.4, 0.5) is 4.79 Å². The molecule has 24 heavy (non-hydrogen) atoms. The minimum Gasteiger partial charge on any atom is -0.444 e. The van der Waals surface area contributed by atoms with Crippen molar-refractivity contribution < 1.29 is 9.53 Å². The molecule has 0 saturated carbocycles. The molecule has 5 nitrogen and oxygen atoms in total. The van der Waals surface area contributed by atoms with E-state index in [4.69, 9.17) is 16.3 Å². The van der Waals surface area contributed by atoms with Crippen molar-refractivity contribution in [3.63, 3.8) is 0 Å². The van der Waals surface area contributed by atoms with E-state index in [2.05, 4.69) is 5.10 Å². The van der Waals surface area contributed by atoms with E-state index < -0.39 is 5.60 Å². The van der Waals surface area contributed by atoms with Gasteiger partial charge >= 0.3 is 6.09 Å². The topological polar surface area (TPSA) is 47.4 Å². The molecule has 0 aliphatic carbocycles. The molecule has 3 rings (SSSR count). The Kier molecular flexibility index (Phi) is 4.30. The normalized spacial score (nSPS) is 14.5. The number of nitrogens with zero attached hydrogens (tertiary/aromatic N) is 3. The zero-order valence-electron chi connectivity index (χ0n) is 14.5. The zero-order chi connectivity index (χ0) is 17.5. The van der Waals surface area contributed by atoms with Crippen LogP contribution in [0.2, 0.25) is 5.02 Å². The summed E-state index contributed by atoms with van der Waals surface area (Å²) in [4.78, 5) is 14.0. The van der Waals surface area contributed by atoms with Crippen molar-refractivity contribution in [2.24, 2.45) is 0 Å². The highest BCUT2D eigenvalue weighted by Gasteiger charge is 2.26. The summed E-state index contributed by atoms with van der Waals surface area (Å²) in [6.45, 7) is 9.38. The molecule has 2 heterocycles. The van der Waals surface area contributed by atoms with Crippen molar-refractivity contribution >= 4 is 17.7 Å². The molecule has 0 unspecified atom stereocenters. The summed E-state index contributed by atoms with van der Waals surface area (Å²) >= 11 is 6.09. The molecule has 0 spiro atoms. The molecule has 0 N–H and O–H groups in total. The SMILES string of the molecule is Cc1cc(-c2cc3n(n2)CCN(C(=O)OC(C)(C)C)C3)ccc1Cl. The van der Waals surface area contributed by atoms with E-state index in [0.717, 1.165) is 27.5 Å². The molecule has 128 valence electrons. The number of amides is 1. The van der Waals surface area contributed by atoms with Gasteiger partial charge in [-0.2, -0.15) is 5.10 Å². The van der Waals surface area contributed by atoms with Crippen LogP contribution in [0, 0.1) is 6.92 Å². The van der Waals surface area contributed by atoms with E-state index in [1.807, 2.05) is 56.6 Å². The van der Waals surface area contributed by atoms with Crippen LogP contribution < -0.4 is 0 Å². The number of hydrogen-bond acceptors (Lipinski definition) is 3. The molecule has 0 saturated heterocycles. The smallest absolute Gasteiger partial charge is 0.410 e. The fourth-order valence-electron chi connectivity index (χ4n) is 2.69. The second kappa shape index (κ2) is 6.13. The Morgan fingerprint density at radius 2 is 2.00 bits per heavy atom. The number of aromatic nitrogens is 2. The lowest BCUT2D eigenvalue weighted by molar-refractivity contribution is 0.0194. The van der Waals surface area contributed by atoms with Crippen molar-refractivity contribution in [1.82, 2.24) is 14.7 Å². The first-order valence-electron chi connectivity index (χ1n) is 8.04. The Morgan fingerprint density at radius 3 is 2.67 bits per heavy atom. The Balaban J connectivity index is 1.79. The first-order valence-corrected chi connectivity index (χ1v) is 8.42. The van der Waals surface area contributed by atoms with Gasteiger partial charge in [-0.25, -0.2) is 4.79 Å². The molecule has 0 bridgehead atoms. The predicted molar refractivity (Wildman–Crippen MR) is 94.1 cm³/mol. The standard InChI is InChI=1S/C18H22ClN3O2/c1-12-9-13(5-6-15(12)19)16-10-14-11-21(7-8-22(14)20-16)17(23)24-18(2,3)4/h5-6,9-10H,7-8,11H2,1-4H3. The molecule has 1 aliphatic rings. The van der Waals surface area contributed by atoms with Crippen molar-refractivity contribution in [3.05, 3.63) is 40.5 Å². The molecule has 6 heteroatoms. The van der Waals surface area contributed by atoms with Crippen molar-refractivity contribution in [2.75, 3.05) is 6.54 Å². The molecule has 0 fully saturated rings. The van der Waals surface area contributed by atoms with Crippen LogP contribution in [0.5, 0.6) is 0 Å². The first kappa shape index (κ1) is 16.8. The summed E-state index contributed by atoms with van der Waals surface area (Å²) in [5.74, 6) is 0. The van der Waals surface area contributed by atoms with Gasteiger partial charge in [0, 0.05) is 17.1 Å². The number of hydrogen-bond donors (Lipinski definition) is 0. The third-order valence-corrected chi connectivity index (χ3v) is 4.33. The number of halogens is 1. The third kappa shape index (κ3) is 3.56. The van der Waals surface area contributed by atoms with E-state index in [0.29, 0.717) is 19.6 Å². The highest BCUT2D eigenvalue weighted by Crippen LogP contribution is 2.26. The molecular weight excluding hydrogens is 326 g/mol. The minimum absolute atomic E-state index is 0.279. The van der Waals surface area contributed by atoms with Gasteiger partial charge in [0.25, 0.3) is 0 Å². The largest absolute Gasteiger partial charge is 0.444 e. The van der Waals surface area contributed by atoms with Crippen LogP contribution in [0.3, 0.4) is 0 Å². The lowest BCUT2D eigenvalue weighted by atomic mass is 10.1. The van der Waals surface area contributed by atoms with Gasteiger partial charge in [-0.15, -0.1) is 0 Å². The third-order valence-electron chi connectivity index (χ3n) is 3.90. The summed E-state index contributed by atoms with van der Waals surface area (Å²) in [5, 5.41) is 5.40. The number of ether oxygens (including phenoxy) is 1. The molecule has 1 aromatic heterocycles. The van der Waals surface area contributed by atoms with Crippen LogP contribution in [0.15, 0.2) is 24.3 Å². The first-order chi connectivity index (χ1) is 11.2. The second-order valence-electron chi connectivity index (χ2n) is 7.11. The van der Waals surface area contributed by atoms with Gasteiger partial charge < -0.3 is 9.64 Å². The lowest BCUT2D eigenvalue weighted by Gasteiger charge is -2.30. The summed E-state index contributed by atoms with van der Waals surface area (Å²) < 4.78 is 7.41. The maximum absolute atomic E-state index is 12.2. The highest BCUT2D eigenvalue weighted by atomic mass is 35.5. The van der Waals surface area contributed by atoms with Gasteiger partial charge in [0.2, 0.25) is 0 Å². The summed E-state index contributed by atoms with van der Waals surface area (Å²) in [7, 11) is 0. The molecule has 1 aromatic carbocycles. The quantitative estimate of drug-likeness (QED) is 0.774. The van der Waals surface area contributed by atoms with Crippen LogP contribution in [0.1, 0.15) is 32.0 Å². The van der Waals surface area contributed by atoms with E-state index >= 15 is 0 Å². The number of carbonyl (C=O) groups is 1. The van der Waals surface area contributed by atoms with E-state index in [1.165, 1.54) is 0 Å². The van der Waals surface area contributed by atoms with Crippen LogP contribution in [-0.2, 0) is 17.8 Å². The van der Waals surface area contributed by atoms with Crippen LogP contribution >= 0.6 is 11.6 Å². The lowest BCUT2D eigenvalue weighted by Crippen LogP contribution is -2.41. The maximum Gasteiger partial charge on any atom is 0.410 e. The average molecular weight is 348 g/mol. The summed E-state index contributed by atoms with van der Waals surface area (Å²) in [5.41, 5.74) is 3.48. The number of carbonyl (C=O) groups excluding carboxylic acids is 1. The average Bonchev–Trinajstić information content (AvgIpc) is 2.91. The number of aryl methyl sites for hydroxylation is 1. The Labute approximate surface area is 147 Å². The van der Waals surface area contributed by atoms with Gasteiger partial charge in [0.15, 0.2) is 0 Å². The molecule has 1 aliphatic heterocycles. The van der Waals surface area contributed by atoms with Crippen molar-refractivity contribution in [3.8, 4) is 11.3 Å². The minimum atomic E-state index is -0.485. The molecular formula is C18H22ClN3O2. The van der Waals surface area contributed by atoms with E-state index in [9.17, 15) is 4.79 Å². The number of benzene rings is 1. The number of rotatable bonds is 1. The fourth-order valence-corrected chi connectivity index (χ4v) is 2.81. The van der Waals surface area contributed by atoms with Gasteiger partial charge in [0.05, 0.1) is 24.5 Å². The molecule has 2 aromatic rings. The molecule has 0 radical (unpaired) electrons. The maximum atomic E-state index is 12.2. The summed E-state index contributed by atoms with van der Waals surface area (Å²) in [6, 6.07) is 7.91. The van der Waals surface area contributed by atoms with Crippen molar-refractivity contribution in [1.29, 1.82) is 0 Å². The Morgan fingerprint density at radius 1 is 1.25 bits per heavy atom. The zero-order valence-corrected chi connectivity index (χ0v) is 15.2. The van der Waals surface area contributed by atoms with E-state index in [-0.39, 0.29) is 6.09 Å². The van der Waals surface area contributed by atoms with Crippen molar-refractivity contribution in [2.45, 2.75) is 46.4 Å². The van der Waals surface area contributed by atoms with E-state index in [1.54, 1.807) is 4.90 Å². The highest BCUT2D eigenvalue weighted by molar-refractivity contribution is 6.31. The van der Waals surface area contributed by atoms with Crippen LogP contribution in [-0.4, -0.2) is 32.9 Å².